The second kappa shape index (κ2) is 6.40. The zero-order valence-corrected chi connectivity index (χ0v) is 13.2. The Bertz CT molecular complexity index is 697. The largest absolute Gasteiger partial charge is 0.493 e. The molecule has 1 aromatic rings. The zero-order chi connectivity index (χ0) is 17.3. The highest BCUT2D eigenvalue weighted by Crippen LogP contribution is 2.42. The van der Waals surface area contributed by atoms with Crippen molar-refractivity contribution in [1.29, 1.82) is 0 Å². The van der Waals surface area contributed by atoms with Crippen molar-refractivity contribution in [3.8, 4) is 5.75 Å². The molecule has 0 heterocycles. The van der Waals surface area contributed by atoms with Crippen molar-refractivity contribution in [1.82, 2.24) is 4.72 Å². The van der Waals surface area contributed by atoms with E-state index in [2.05, 4.69) is 4.72 Å². The van der Waals surface area contributed by atoms with Gasteiger partial charge < -0.3 is 9.84 Å². The Morgan fingerprint density at radius 1 is 1.43 bits per heavy atom. The van der Waals surface area contributed by atoms with E-state index in [1.54, 1.807) is 6.92 Å². The summed E-state index contributed by atoms with van der Waals surface area (Å²) >= 11 is 0. The lowest BCUT2D eigenvalue weighted by Gasteiger charge is -2.34. The summed E-state index contributed by atoms with van der Waals surface area (Å²) < 4.78 is 57.1. The Morgan fingerprint density at radius 3 is 2.61 bits per heavy atom. The lowest BCUT2D eigenvalue weighted by Crippen LogP contribution is -2.42. The van der Waals surface area contributed by atoms with Crippen LogP contribution in [0.3, 0.4) is 0 Å². The molecule has 1 aliphatic carbocycles. The van der Waals surface area contributed by atoms with Gasteiger partial charge in [-0.15, -0.1) is 0 Å². The standard InChI is InChI=1S/C14H17F2NO5S/c1-2-22-12-4-3-10(5-11(12)13(18)19)23(20,21)17-8-9-6-14(15,16)7-9/h3-5,9,17H,2,6-8H2,1H3,(H,18,19). The van der Waals surface area contributed by atoms with Crippen molar-refractivity contribution in [2.45, 2.75) is 30.6 Å². The molecule has 23 heavy (non-hydrogen) atoms. The third-order valence-electron chi connectivity index (χ3n) is 3.53. The minimum atomic E-state index is -3.97. The number of halogens is 2. The molecular weight excluding hydrogens is 332 g/mol. The van der Waals surface area contributed by atoms with Crippen LogP contribution in [-0.4, -0.2) is 38.6 Å². The molecule has 9 heteroatoms. The summed E-state index contributed by atoms with van der Waals surface area (Å²) in [6, 6.07) is 3.47. The Kier molecular flexibility index (Phi) is 4.90. The normalized spacial score (nSPS) is 17.5. The number of carboxylic acid groups (broad SMARTS) is 1. The van der Waals surface area contributed by atoms with Crippen molar-refractivity contribution in [3.05, 3.63) is 23.8 Å². The van der Waals surface area contributed by atoms with Crippen LogP contribution in [0.4, 0.5) is 8.78 Å². The Hall–Kier alpha value is -1.74. The summed E-state index contributed by atoms with van der Waals surface area (Å²) in [6.45, 7) is 1.81. The third kappa shape index (κ3) is 4.17. The minimum absolute atomic E-state index is 0.0672. The van der Waals surface area contributed by atoms with Gasteiger partial charge in [0.15, 0.2) is 0 Å². The van der Waals surface area contributed by atoms with E-state index in [1.165, 1.54) is 12.1 Å². The Labute approximate surface area is 132 Å². The van der Waals surface area contributed by atoms with Gasteiger partial charge in [0.2, 0.25) is 15.9 Å². The molecule has 0 aromatic heterocycles. The van der Waals surface area contributed by atoms with Gasteiger partial charge in [-0.1, -0.05) is 0 Å². The molecule has 0 atom stereocenters. The van der Waals surface area contributed by atoms with Gasteiger partial charge in [-0.25, -0.2) is 26.7 Å². The monoisotopic (exact) mass is 349 g/mol. The van der Waals surface area contributed by atoms with E-state index in [1.807, 2.05) is 0 Å². The molecule has 2 rings (SSSR count). The molecule has 1 aromatic carbocycles. The molecule has 6 nitrogen and oxygen atoms in total. The van der Waals surface area contributed by atoms with E-state index in [0.717, 1.165) is 6.07 Å². The van der Waals surface area contributed by atoms with Crippen LogP contribution in [0.2, 0.25) is 0 Å². The fraction of sp³-hybridized carbons (Fsp3) is 0.500. The molecule has 0 spiro atoms. The summed E-state index contributed by atoms with van der Waals surface area (Å²) in [4.78, 5) is 10.9. The highest BCUT2D eigenvalue weighted by atomic mass is 32.2. The Morgan fingerprint density at radius 2 is 2.09 bits per heavy atom. The van der Waals surface area contributed by atoms with Crippen molar-refractivity contribution in [3.63, 3.8) is 0 Å². The predicted octanol–water partition coefficient (Wildman–Crippen LogP) is 2.11. The first-order valence-corrected chi connectivity index (χ1v) is 8.50. The van der Waals surface area contributed by atoms with Crippen molar-refractivity contribution in [2.75, 3.05) is 13.2 Å². The van der Waals surface area contributed by atoms with Crippen molar-refractivity contribution in [2.24, 2.45) is 5.92 Å². The van der Waals surface area contributed by atoms with Crippen LogP contribution in [0.5, 0.6) is 5.75 Å². The fourth-order valence-electron chi connectivity index (χ4n) is 2.36. The molecule has 0 aliphatic heterocycles. The Balaban J connectivity index is 2.13. The van der Waals surface area contributed by atoms with Gasteiger partial charge >= 0.3 is 5.97 Å². The summed E-state index contributed by atoms with van der Waals surface area (Å²) in [5.41, 5.74) is -0.273. The first-order chi connectivity index (χ1) is 10.6. The zero-order valence-electron chi connectivity index (χ0n) is 12.4. The molecule has 0 bridgehead atoms. The maximum absolute atomic E-state index is 12.7. The highest BCUT2D eigenvalue weighted by Gasteiger charge is 2.45. The average Bonchev–Trinajstić information content (AvgIpc) is 2.43. The van der Waals surface area contributed by atoms with E-state index >= 15 is 0 Å². The van der Waals surface area contributed by atoms with Crippen LogP contribution >= 0.6 is 0 Å². The van der Waals surface area contributed by atoms with Gasteiger partial charge in [0.25, 0.3) is 0 Å². The van der Waals surface area contributed by atoms with E-state index in [4.69, 9.17) is 9.84 Å². The molecule has 0 amide bonds. The summed E-state index contributed by atoms with van der Waals surface area (Å²) in [7, 11) is -3.97. The van der Waals surface area contributed by atoms with Gasteiger partial charge in [-0.2, -0.15) is 0 Å². The van der Waals surface area contributed by atoms with Crippen LogP contribution < -0.4 is 9.46 Å². The van der Waals surface area contributed by atoms with Gasteiger partial charge in [-0.3, -0.25) is 0 Å². The average molecular weight is 349 g/mol. The number of carbonyl (C=O) groups is 1. The van der Waals surface area contributed by atoms with E-state index < -0.39 is 27.8 Å². The third-order valence-corrected chi connectivity index (χ3v) is 4.95. The number of sulfonamides is 1. The quantitative estimate of drug-likeness (QED) is 0.786. The summed E-state index contributed by atoms with van der Waals surface area (Å²) in [5, 5.41) is 9.13. The SMILES string of the molecule is CCOc1ccc(S(=O)(=O)NCC2CC(F)(F)C2)cc1C(=O)O. The van der Waals surface area contributed by atoms with Crippen LogP contribution in [0, 0.1) is 5.92 Å². The molecule has 0 radical (unpaired) electrons. The molecule has 0 saturated heterocycles. The van der Waals surface area contributed by atoms with Crippen molar-refractivity contribution < 1.29 is 31.8 Å². The maximum Gasteiger partial charge on any atom is 0.339 e. The van der Waals surface area contributed by atoms with Crippen LogP contribution in [-0.2, 0) is 10.0 Å². The number of nitrogens with one attached hydrogen (secondary N) is 1. The molecule has 0 unspecified atom stereocenters. The van der Waals surface area contributed by atoms with Crippen LogP contribution in [0.25, 0.3) is 0 Å². The summed E-state index contributed by atoms with van der Waals surface area (Å²) in [6.07, 6.45) is -0.696. The van der Waals surface area contributed by atoms with Gasteiger partial charge in [-0.05, 0) is 31.0 Å². The lowest BCUT2D eigenvalue weighted by atomic mass is 9.82. The number of alkyl halides is 2. The topological polar surface area (TPSA) is 92.7 Å². The molecular formula is C14H17F2NO5S. The number of rotatable bonds is 7. The molecule has 128 valence electrons. The van der Waals surface area contributed by atoms with Gasteiger partial charge in [0.1, 0.15) is 11.3 Å². The number of benzene rings is 1. The second-order valence-corrected chi connectivity index (χ2v) is 7.15. The number of ether oxygens (including phenoxy) is 1. The smallest absolute Gasteiger partial charge is 0.339 e. The lowest BCUT2D eigenvalue weighted by molar-refractivity contribution is -0.108. The first kappa shape index (κ1) is 17.6. The number of aromatic carboxylic acids is 1. The number of hydrogen-bond acceptors (Lipinski definition) is 4. The van der Waals surface area contributed by atoms with Crippen LogP contribution in [0.15, 0.2) is 23.1 Å². The highest BCUT2D eigenvalue weighted by molar-refractivity contribution is 7.89. The molecule has 1 fully saturated rings. The first-order valence-electron chi connectivity index (χ1n) is 7.02. The van der Waals surface area contributed by atoms with Gasteiger partial charge in [0.05, 0.1) is 11.5 Å². The van der Waals surface area contributed by atoms with E-state index in [9.17, 15) is 22.0 Å². The maximum atomic E-state index is 12.7. The molecule has 2 N–H and O–H groups in total. The summed E-state index contributed by atoms with van der Waals surface area (Å²) in [5.74, 6) is -4.38. The number of hydrogen-bond donors (Lipinski definition) is 2. The van der Waals surface area contributed by atoms with E-state index in [0.29, 0.717) is 0 Å². The van der Waals surface area contributed by atoms with Gasteiger partial charge in [0, 0.05) is 19.4 Å². The minimum Gasteiger partial charge on any atom is -0.493 e. The second-order valence-electron chi connectivity index (χ2n) is 5.38. The van der Waals surface area contributed by atoms with E-state index in [-0.39, 0.29) is 42.2 Å². The fourth-order valence-corrected chi connectivity index (χ4v) is 3.51. The molecule has 1 aliphatic rings. The predicted molar refractivity (Wildman–Crippen MR) is 77.4 cm³/mol. The number of carboxylic acids is 1. The van der Waals surface area contributed by atoms with Crippen LogP contribution in [0.1, 0.15) is 30.1 Å². The molecule has 1 saturated carbocycles. The van der Waals surface area contributed by atoms with Crippen molar-refractivity contribution >= 4 is 16.0 Å².